The van der Waals surface area contributed by atoms with E-state index in [1.807, 2.05) is 26.1 Å². The Morgan fingerprint density at radius 1 is 1.04 bits per heavy atom. The van der Waals surface area contributed by atoms with Crippen LogP contribution in [0, 0.1) is 0 Å². The van der Waals surface area contributed by atoms with Gasteiger partial charge in [0.05, 0.1) is 13.2 Å². The van der Waals surface area contributed by atoms with Gasteiger partial charge in [-0.25, -0.2) is 0 Å². The first-order chi connectivity index (χ1) is 13.7. The number of pyridine rings is 1. The van der Waals surface area contributed by atoms with Crippen LogP contribution >= 0.6 is 0 Å². The first-order valence-electron chi connectivity index (χ1n) is 10.6. The van der Waals surface area contributed by atoms with Gasteiger partial charge in [-0.2, -0.15) is 4.98 Å². The minimum absolute atomic E-state index is 0.461. The van der Waals surface area contributed by atoms with E-state index in [4.69, 9.17) is 9.26 Å². The second-order valence-electron chi connectivity index (χ2n) is 7.40. The van der Waals surface area contributed by atoms with Gasteiger partial charge < -0.3 is 14.2 Å². The Balaban J connectivity index is 0.00000109. The molecule has 2 aromatic heterocycles. The molecule has 7 nitrogen and oxygen atoms in total. The minimum atomic E-state index is 0.461. The van der Waals surface area contributed by atoms with Crippen molar-refractivity contribution in [1.29, 1.82) is 0 Å². The predicted molar refractivity (Wildman–Crippen MR) is 111 cm³/mol. The summed E-state index contributed by atoms with van der Waals surface area (Å²) in [6, 6.07) is 4.67. The minimum Gasteiger partial charge on any atom is -0.379 e. The van der Waals surface area contributed by atoms with Crippen LogP contribution in [-0.4, -0.2) is 65.5 Å². The monoisotopic (exact) mass is 387 g/mol. The van der Waals surface area contributed by atoms with Gasteiger partial charge in [0.2, 0.25) is 0 Å². The maximum atomic E-state index is 5.46. The zero-order chi connectivity index (χ0) is 19.9. The first-order valence-corrected chi connectivity index (χ1v) is 10.6. The fourth-order valence-electron chi connectivity index (χ4n) is 3.70. The molecule has 2 aromatic rings. The van der Waals surface area contributed by atoms with Crippen LogP contribution in [0.4, 0.5) is 5.95 Å². The summed E-state index contributed by atoms with van der Waals surface area (Å²) in [6.07, 6.45) is 4.15. The molecule has 2 saturated heterocycles. The third-order valence-electron chi connectivity index (χ3n) is 5.40. The summed E-state index contributed by atoms with van der Waals surface area (Å²) in [5.41, 5.74) is 1.94. The molecular weight excluding hydrogens is 354 g/mol. The highest BCUT2D eigenvalue weighted by Crippen LogP contribution is 2.24. The fraction of sp³-hybridized carbons (Fsp3) is 0.667. The van der Waals surface area contributed by atoms with Gasteiger partial charge in [-0.1, -0.05) is 33.8 Å². The topological polar surface area (TPSA) is 67.5 Å². The molecule has 0 atom stereocenters. The van der Waals surface area contributed by atoms with Crippen molar-refractivity contribution in [3.05, 3.63) is 23.9 Å². The Bertz CT molecular complexity index is 702. The van der Waals surface area contributed by atoms with Crippen molar-refractivity contribution in [3.8, 4) is 11.6 Å². The number of anilines is 1. The van der Waals surface area contributed by atoms with E-state index in [0.29, 0.717) is 23.8 Å². The van der Waals surface area contributed by atoms with Crippen LogP contribution in [0.25, 0.3) is 11.6 Å². The van der Waals surface area contributed by atoms with Crippen LogP contribution in [0.3, 0.4) is 0 Å². The molecule has 0 amide bonds. The lowest BCUT2D eigenvalue weighted by Crippen LogP contribution is -2.49. The molecule has 2 fully saturated rings. The largest absolute Gasteiger partial charge is 0.379 e. The van der Waals surface area contributed by atoms with Crippen molar-refractivity contribution >= 4 is 5.95 Å². The van der Waals surface area contributed by atoms with E-state index in [1.165, 1.54) is 5.56 Å². The molecule has 2 aliphatic heterocycles. The summed E-state index contributed by atoms with van der Waals surface area (Å²) in [7, 11) is 0. The molecular formula is C21H33N5O2. The molecule has 4 heterocycles. The van der Waals surface area contributed by atoms with Crippen molar-refractivity contribution in [2.24, 2.45) is 0 Å². The lowest BCUT2D eigenvalue weighted by Gasteiger charge is -2.39. The average molecular weight is 388 g/mol. The molecule has 0 unspecified atom stereocenters. The van der Waals surface area contributed by atoms with Gasteiger partial charge in [0.1, 0.15) is 5.69 Å². The fourth-order valence-corrected chi connectivity index (χ4v) is 3.70. The molecule has 28 heavy (non-hydrogen) atoms. The molecule has 4 rings (SSSR count). The molecule has 0 radical (unpaired) electrons. The van der Waals surface area contributed by atoms with Gasteiger partial charge in [-0.05, 0) is 35.5 Å². The van der Waals surface area contributed by atoms with Gasteiger partial charge in [-0.15, -0.1) is 0 Å². The lowest BCUT2D eigenvalue weighted by atomic mass is 10.0. The van der Waals surface area contributed by atoms with Crippen LogP contribution in [-0.2, 0) is 4.74 Å². The second kappa shape index (κ2) is 9.98. The first kappa shape index (κ1) is 20.7. The second-order valence-corrected chi connectivity index (χ2v) is 7.40. The SMILES string of the molecule is CC.CC(C)c1ccc(-c2nc(N3CCC(N4CCOCC4)CC3)no2)nc1. The summed E-state index contributed by atoms with van der Waals surface area (Å²) in [4.78, 5) is 13.8. The molecule has 7 heteroatoms. The van der Waals surface area contributed by atoms with Crippen LogP contribution < -0.4 is 4.90 Å². The number of hydrogen-bond donors (Lipinski definition) is 0. The van der Waals surface area contributed by atoms with E-state index >= 15 is 0 Å². The number of piperidine rings is 1. The van der Waals surface area contributed by atoms with Crippen molar-refractivity contribution in [2.75, 3.05) is 44.3 Å². The van der Waals surface area contributed by atoms with Crippen LogP contribution in [0.2, 0.25) is 0 Å². The lowest BCUT2D eigenvalue weighted by molar-refractivity contribution is 0.0114. The van der Waals surface area contributed by atoms with Gasteiger partial charge >= 0.3 is 0 Å². The van der Waals surface area contributed by atoms with Gasteiger partial charge in [0.25, 0.3) is 11.8 Å². The number of aromatic nitrogens is 3. The van der Waals surface area contributed by atoms with E-state index in [0.717, 1.165) is 57.9 Å². The van der Waals surface area contributed by atoms with Crippen molar-refractivity contribution in [1.82, 2.24) is 20.0 Å². The summed E-state index contributed by atoms with van der Waals surface area (Å²) < 4.78 is 10.9. The molecule has 0 aromatic carbocycles. The highest BCUT2D eigenvalue weighted by Gasteiger charge is 2.27. The number of nitrogens with zero attached hydrogens (tertiary/aromatic N) is 5. The van der Waals surface area contributed by atoms with E-state index in [9.17, 15) is 0 Å². The predicted octanol–water partition coefficient (Wildman–Crippen LogP) is 3.58. The van der Waals surface area contributed by atoms with Crippen LogP contribution in [0.5, 0.6) is 0 Å². The Labute approximate surface area is 168 Å². The van der Waals surface area contributed by atoms with Crippen molar-refractivity contribution in [2.45, 2.75) is 52.5 Å². The van der Waals surface area contributed by atoms with Crippen molar-refractivity contribution < 1.29 is 9.26 Å². The standard InChI is InChI=1S/C19H27N5O2.C2H6/c1-14(2)15-3-4-17(20-13-15)18-21-19(22-26-18)24-7-5-16(6-8-24)23-9-11-25-12-10-23;1-2/h3-4,13-14,16H,5-12H2,1-2H3;1-2H3. The Morgan fingerprint density at radius 2 is 1.75 bits per heavy atom. The van der Waals surface area contributed by atoms with Gasteiger partial charge in [0, 0.05) is 38.4 Å². The molecule has 0 bridgehead atoms. The van der Waals surface area contributed by atoms with Gasteiger partial charge in [0.15, 0.2) is 0 Å². The van der Waals surface area contributed by atoms with E-state index in [1.54, 1.807) is 0 Å². The molecule has 0 spiro atoms. The third kappa shape index (κ3) is 4.89. The van der Waals surface area contributed by atoms with E-state index in [-0.39, 0.29) is 0 Å². The van der Waals surface area contributed by atoms with E-state index < -0.39 is 0 Å². The Kier molecular flexibility index (Phi) is 7.39. The zero-order valence-electron chi connectivity index (χ0n) is 17.6. The van der Waals surface area contributed by atoms with Crippen LogP contribution in [0.1, 0.15) is 52.0 Å². The third-order valence-corrected chi connectivity index (χ3v) is 5.40. The Hall–Kier alpha value is -1.99. The maximum absolute atomic E-state index is 5.46. The quantitative estimate of drug-likeness (QED) is 0.794. The average Bonchev–Trinajstić information content (AvgIpc) is 3.26. The molecule has 2 aliphatic rings. The summed E-state index contributed by atoms with van der Waals surface area (Å²) in [5, 5.41) is 4.18. The summed E-state index contributed by atoms with van der Waals surface area (Å²) >= 11 is 0. The normalized spacial score (nSPS) is 18.8. The molecule has 0 aliphatic carbocycles. The van der Waals surface area contributed by atoms with Crippen molar-refractivity contribution in [3.63, 3.8) is 0 Å². The smallest absolute Gasteiger partial charge is 0.278 e. The summed E-state index contributed by atoms with van der Waals surface area (Å²) in [5.74, 6) is 1.63. The molecule has 154 valence electrons. The molecule has 0 saturated carbocycles. The molecule has 0 N–H and O–H groups in total. The van der Waals surface area contributed by atoms with Crippen LogP contribution in [0.15, 0.2) is 22.9 Å². The van der Waals surface area contributed by atoms with E-state index in [2.05, 4.69) is 44.8 Å². The zero-order valence-corrected chi connectivity index (χ0v) is 17.6. The number of hydrogen-bond acceptors (Lipinski definition) is 7. The highest BCUT2D eigenvalue weighted by atomic mass is 16.5. The summed E-state index contributed by atoms with van der Waals surface area (Å²) in [6.45, 7) is 14.0. The Morgan fingerprint density at radius 3 is 2.36 bits per heavy atom. The van der Waals surface area contributed by atoms with Gasteiger partial charge in [-0.3, -0.25) is 9.88 Å². The number of rotatable bonds is 4. The highest BCUT2D eigenvalue weighted by molar-refractivity contribution is 5.49. The number of ether oxygens (including phenoxy) is 1. The maximum Gasteiger partial charge on any atom is 0.278 e. The number of morpholine rings is 1.